The molecule has 0 aliphatic carbocycles. The highest BCUT2D eigenvalue weighted by molar-refractivity contribution is 5.75. The first-order valence-electron chi connectivity index (χ1n) is 10.1. The fourth-order valence-corrected chi connectivity index (χ4v) is 3.83. The first-order valence-corrected chi connectivity index (χ1v) is 10.1. The number of piperazine rings is 1. The monoisotopic (exact) mass is 387 g/mol. The van der Waals surface area contributed by atoms with Crippen LogP contribution in [0.1, 0.15) is 11.3 Å². The fraction of sp³-hybridized carbons (Fsp3) is 0.304. The average Bonchev–Trinajstić information content (AvgIpc) is 3.38. The van der Waals surface area contributed by atoms with Crippen LogP contribution in [0.2, 0.25) is 0 Å². The molecule has 1 aliphatic rings. The molecular formula is C23H25N5O. The molecule has 4 aromatic rings. The minimum absolute atomic E-state index is 0.689. The van der Waals surface area contributed by atoms with Gasteiger partial charge in [-0.3, -0.25) is 4.90 Å². The van der Waals surface area contributed by atoms with Crippen LogP contribution in [-0.2, 0) is 13.1 Å². The minimum Gasteiger partial charge on any atom is -0.444 e. The Morgan fingerprint density at radius 3 is 2.55 bits per heavy atom. The van der Waals surface area contributed by atoms with Crippen molar-refractivity contribution in [2.75, 3.05) is 33.2 Å². The highest BCUT2D eigenvalue weighted by Crippen LogP contribution is 2.21. The number of rotatable bonds is 5. The van der Waals surface area contributed by atoms with Crippen LogP contribution in [-0.4, -0.2) is 57.6 Å². The molecule has 5 rings (SSSR count). The van der Waals surface area contributed by atoms with Gasteiger partial charge in [0.2, 0.25) is 5.89 Å². The van der Waals surface area contributed by atoms with Gasteiger partial charge in [0.1, 0.15) is 6.26 Å². The van der Waals surface area contributed by atoms with E-state index < -0.39 is 0 Å². The van der Waals surface area contributed by atoms with Crippen LogP contribution >= 0.6 is 0 Å². The maximum absolute atomic E-state index is 5.75. The predicted molar refractivity (Wildman–Crippen MR) is 114 cm³/mol. The number of hydrogen-bond donors (Lipinski definition) is 0. The molecule has 3 heterocycles. The lowest BCUT2D eigenvalue weighted by Crippen LogP contribution is -2.43. The van der Waals surface area contributed by atoms with Gasteiger partial charge in [-0.2, -0.15) is 0 Å². The van der Waals surface area contributed by atoms with E-state index in [1.165, 1.54) is 5.56 Å². The van der Waals surface area contributed by atoms with Crippen LogP contribution in [0, 0.1) is 0 Å². The van der Waals surface area contributed by atoms with Crippen molar-refractivity contribution in [1.82, 2.24) is 24.3 Å². The van der Waals surface area contributed by atoms with Crippen molar-refractivity contribution in [3.05, 3.63) is 72.4 Å². The van der Waals surface area contributed by atoms with Crippen LogP contribution in [0.15, 0.2) is 65.5 Å². The van der Waals surface area contributed by atoms with Crippen LogP contribution < -0.4 is 0 Å². The fourth-order valence-electron chi connectivity index (χ4n) is 3.83. The third-order valence-corrected chi connectivity index (χ3v) is 5.61. The summed E-state index contributed by atoms with van der Waals surface area (Å²) >= 11 is 0. The van der Waals surface area contributed by atoms with Gasteiger partial charge in [-0.05, 0) is 36.9 Å². The lowest BCUT2D eigenvalue weighted by atomic mass is 10.1. The van der Waals surface area contributed by atoms with Gasteiger partial charge in [0.25, 0.3) is 0 Å². The highest BCUT2D eigenvalue weighted by Gasteiger charge is 2.16. The van der Waals surface area contributed by atoms with Gasteiger partial charge >= 0.3 is 0 Å². The SMILES string of the molecule is CN1CCN(Cc2coc(-c3ccc(Cn4cnc5ccccc54)cc3)n2)CC1. The summed E-state index contributed by atoms with van der Waals surface area (Å²) in [5.74, 6) is 0.689. The van der Waals surface area contributed by atoms with Crippen molar-refractivity contribution in [2.24, 2.45) is 0 Å². The predicted octanol–water partition coefficient (Wildman–Crippen LogP) is 3.49. The zero-order valence-corrected chi connectivity index (χ0v) is 16.7. The smallest absolute Gasteiger partial charge is 0.226 e. The summed E-state index contributed by atoms with van der Waals surface area (Å²) in [6.07, 6.45) is 3.69. The topological polar surface area (TPSA) is 50.3 Å². The molecule has 148 valence electrons. The average molecular weight is 387 g/mol. The van der Waals surface area contributed by atoms with E-state index in [9.17, 15) is 0 Å². The van der Waals surface area contributed by atoms with Gasteiger partial charge in [-0.1, -0.05) is 24.3 Å². The first kappa shape index (κ1) is 18.1. The zero-order valence-electron chi connectivity index (χ0n) is 16.7. The van der Waals surface area contributed by atoms with E-state index >= 15 is 0 Å². The van der Waals surface area contributed by atoms with E-state index in [1.807, 2.05) is 24.5 Å². The van der Waals surface area contributed by atoms with Crippen molar-refractivity contribution in [1.29, 1.82) is 0 Å². The number of likely N-dealkylation sites (N-methyl/N-ethyl adjacent to an activating group) is 1. The molecule has 1 fully saturated rings. The zero-order chi connectivity index (χ0) is 19.6. The third-order valence-electron chi connectivity index (χ3n) is 5.61. The molecule has 0 N–H and O–H groups in total. The summed E-state index contributed by atoms with van der Waals surface area (Å²) < 4.78 is 7.92. The van der Waals surface area contributed by atoms with Gasteiger partial charge in [0.15, 0.2) is 0 Å². The van der Waals surface area contributed by atoms with Crippen molar-refractivity contribution in [3.63, 3.8) is 0 Å². The van der Waals surface area contributed by atoms with Crippen LogP contribution in [0.4, 0.5) is 0 Å². The standard InChI is InChI=1S/C23H25N5O/c1-26-10-12-27(13-11-26)15-20-16-29-23(25-20)19-8-6-18(7-9-19)14-28-17-24-21-4-2-3-5-22(21)28/h2-9,16-17H,10-15H2,1H3. The van der Waals surface area contributed by atoms with Crippen LogP contribution in [0.5, 0.6) is 0 Å². The highest BCUT2D eigenvalue weighted by atomic mass is 16.3. The lowest BCUT2D eigenvalue weighted by Gasteiger charge is -2.31. The Labute approximate surface area is 170 Å². The van der Waals surface area contributed by atoms with Crippen LogP contribution in [0.3, 0.4) is 0 Å². The van der Waals surface area contributed by atoms with Gasteiger partial charge in [-0.15, -0.1) is 0 Å². The summed E-state index contributed by atoms with van der Waals surface area (Å²) in [6, 6.07) is 16.6. The van der Waals surface area contributed by atoms with Crippen molar-refractivity contribution in [2.45, 2.75) is 13.1 Å². The number of aromatic nitrogens is 3. The van der Waals surface area contributed by atoms with Gasteiger partial charge in [-0.25, -0.2) is 9.97 Å². The number of imidazole rings is 1. The van der Waals surface area contributed by atoms with Crippen molar-refractivity contribution < 1.29 is 4.42 Å². The Hall–Kier alpha value is -2.96. The maximum atomic E-state index is 5.75. The molecule has 0 spiro atoms. The van der Waals surface area contributed by atoms with E-state index in [4.69, 9.17) is 9.40 Å². The Kier molecular flexibility index (Phi) is 4.87. The molecule has 2 aromatic carbocycles. The molecule has 29 heavy (non-hydrogen) atoms. The summed E-state index contributed by atoms with van der Waals surface area (Å²) in [5.41, 5.74) is 5.41. The molecule has 0 saturated carbocycles. The van der Waals surface area contributed by atoms with E-state index in [0.717, 1.165) is 61.6 Å². The van der Waals surface area contributed by atoms with Crippen molar-refractivity contribution >= 4 is 11.0 Å². The molecule has 1 aliphatic heterocycles. The number of benzene rings is 2. The first-order chi connectivity index (χ1) is 14.2. The normalized spacial score (nSPS) is 15.9. The number of hydrogen-bond acceptors (Lipinski definition) is 5. The largest absolute Gasteiger partial charge is 0.444 e. The number of nitrogens with zero attached hydrogens (tertiary/aromatic N) is 5. The molecule has 0 radical (unpaired) electrons. The second kappa shape index (κ2) is 7.81. The summed E-state index contributed by atoms with van der Waals surface area (Å²) in [5, 5.41) is 0. The van der Waals surface area contributed by atoms with E-state index in [0.29, 0.717) is 5.89 Å². The molecule has 0 atom stereocenters. The Bertz CT molecular complexity index is 1090. The van der Waals surface area contributed by atoms with E-state index in [1.54, 1.807) is 6.26 Å². The Morgan fingerprint density at radius 2 is 1.72 bits per heavy atom. The molecule has 0 amide bonds. The molecule has 0 bridgehead atoms. The third kappa shape index (κ3) is 3.95. The lowest BCUT2D eigenvalue weighted by molar-refractivity contribution is 0.147. The quantitative estimate of drug-likeness (QED) is 0.525. The van der Waals surface area contributed by atoms with Crippen LogP contribution in [0.25, 0.3) is 22.5 Å². The van der Waals surface area contributed by atoms with E-state index in [2.05, 4.69) is 56.7 Å². The minimum atomic E-state index is 0.689. The Morgan fingerprint density at radius 1 is 0.931 bits per heavy atom. The van der Waals surface area contributed by atoms with Crippen molar-refractivity contribution in [3.8, 4) is 11.5 Å². The molecule has 1 saturated heterocycles. The number of fused-ring (bicyclic) bond motifs is 1. The molecule has 6 nitrogen and oxygen atoms in total. The second-order valence-corrected chi connectivity index (χ2v) is 7.78. The van der Waals surface area contributed by atoms with Gasteiger partial charge in [0.05, 0.1) is 23.1 Å². The summed E-state index contributed by atoms with van der Waals surface area (Å²) in [4.78, 5) is 14.0. The van der Waals surface area contributed by atoms with Gasteiger partial charge in [0, 0.05) is 44.8 Å². The number of para-hydroxylation sites is 2. The Balaban J connectivity index is 1.26. The number of oxazole rings is 1. The summed E-state index contributed by atoms with van der Waals surface area (Å²) in [7, 11) is 2.17. The molecule has 6 heteroatoms. The summed E-state index contributed by atoms with van der Waals surface area (Å²) in [6.45, 7) is 6.02. The van der Waals surface area contributed by atoms with E-state index in [-0.39, 0.29) is 0 Å². The molecule has 2 aromatic heterocycles. The molecular weight excluding hydrogens is 362 g/mol. The second-order valence-electron chi connectivity index (χ2n) is 7.78. The molecule has 0 unspecified atom stereocenters. The van der Waals surface area contributed by atoms with Gasteiger partial charge < -0.3 is 13.9 Å². The maximum Gasteiger partial charge on any atom is 0.226 e.